The Balaban J connectivity index is 2.00. The maximum atomic E-state index is 12.5. The number of thioether (sulfide) groups is 1. The van der Waals surface area contributed by atoms with Crippen molar-refractivity contribution in [1.29, 1.82) is 0 Å². The van der Waals surface area contributed by atoms with E-state index >= 15 is 0 Å². The van der Waals surface area contributed by atoms with Crippen LogP contribution in [0.15, 0.2) is 0 Å². The summed E-state index contributed by atoms with van der Waals surface area (Å²) in [6, 6.07) is 0.238. The predicted octanol–water partition coefficient (Wildman–Crippen LogP) is 1.73. The second-order valence-corrected chi connectivity index (χ2v) is 6.90. The SMILES string of the molecule is CC1SCCN(C(=O)N2CCC[C@H](C(=O)O)C2)C1C. The van der Waals surface area contributed by atoms with E-state index in [2.05, 4.69) is 13.8 Å². The molecular weight excluding hydrogens is 264 g/mol. The van der Waals surface area contributed by atoms with Gasteiger partial charge in [-0.1, -0.05) is 6.92 Å². The maximum Gasteiger partial charge on any atom is 0.320 e. The Kier molecular flexibility index (Phi) is 4.60. The summed E-state index contributed by atoms with van der Waals surface area (Å²) in [5.74, 6) is -0.217. The van der Waals surface area contributed by atoms with Crippen molar-refractivity contribution in [2.75, 3.05) is 25.4 Å². The Morgan fingerprint density at radius 2 is 2.00 bits per heavy atom. The number of amides is 2. The molecule has 0 bridgehead atoms. The molecule has 2 aliphatic heterocycles. The van der Waals surface area contributed by atoms with Gasteiger partial charge in [0.25, 0.3) is 0 Å². The quantitative estimate of drug-likeness (QED) is 0.797. The van der Waals surface area contributed by atoms with Crippen LogP contribution >= 0.6 is 11.8 Å². The molecule has 2 fully saturated rings. The van der Waals surface area contributed by atoms with Crippen LogP contribution in [0.25, 0.3) is 0 Å². The molecule has 3 atom stereocenters. The molecule has 2 amide bonds. The van der Waals surface area contributed by atoms with Gasteiger partial charge < -0.3 is 14.9 Å². The first kappa shape index (κ1) is 14.5. The van der Waals surface area contributed by atoms with E-state index in [1.165, 1.54) is 0 Å². The standard InChI is InChI=1S/C13H22N2O3S/c1-9-10(2)19-7-6-15(9)13(18)14-5-3-4-11(8-14)12(16)17/h9-11H,3-8H2,1-2H3,(H,16,17)/t9?,10?,11-/m0/s1. The zero-order chi connectivity index (χ0) is 14.0. The van der Waals surface area contributed by atoms with Gasteiger partial charge in [-0.25, -0.2) is 4.79 Å². The summed E-state index contributed by atoms with van der Waals surface area (Å²) in [7, 11) is 0. The Bertz CT molecular complexity index is 364. The van der Waals surface area contributed by atoms with Crippen LogP contribution in [-0.2, 0) is 4.79 Å². The molecule has 2 saturated heterocycles. The maximum absolute atomic E-state index is 12.5. The predicted molar refractivity (Wildman–Crippen MR) is 75.4 cm³/mol. The lowest BCUT2D eigenvalue weighted by atomic mass is 9.98. The van der Waals surface area contributed by atoms with Crippen molar-refractivity contribution in [1.82, 2.24) is 9.80 Å². The van der Waals surface area contributed by atoms with Gasteiger partial charge in [0.05, 0.1) is 5.92 Å². The fourth-order valence-electron chi connectivity index (χ4n) is 2.74. The van der Waals surface area contributed by atoms with E-state index in [1.54, 1.807) is 4.90 Å². The van der Waals surface area contributed by atoms with Crippen molar-refractivity contribution in [3.8, 4) is 0 Å². The highest BCUT2D eigenvalue weighted by Gasteiger charge is 2.35. The Morgan fingerprint density at radius 1 is 1.26 bits per heavy atom. The van der Waals surface area contributed by atoms with Crippen molar-refractivity contribution < 1.29 is 14.7 Å². The summed E-state index contributed by atoms with van der Waals surface area (Å²) in [4.78, 5) is 27.2. The molecule has 5 nitrogen and oxygen atoms in total. The zero-order valence-corrected chi connectivity index (χ0v) is 12.4. The molecule has 0 aliphatic carbocycles. The Labute approximate surface area is 118 Å². The molecule has 0 aromatic heterocycles. The first-order valence-electron chi connectivity index (χ1n) is 6.90. The molecule has 0 aromatic rings. The highest BCUT2D eigenvalue weighted by molar-refractivity contribution is 8.00. The van der Waals surface area contributed by atoms with Gasteiger partial charge in [-0.2, -0.15) is 11.8 Å². The number of rotatable bonds is 1. The minimum absolute atomic E-state index is 0.0191. The molecule has 6 heteroatoms. The number of aliphatic carboxylic acids is 1. The molecule has 0 aromatic carbocycles. The molecule has 2 heterocycles. The summed E-state index contributed by atoms with van der Waals surface area (Å²) < 4.78 is 0. The smallest absolute Gasteiger partial charge is 0.320 e. The van der Waals surface area contributed by atoms with Crippen molar-refractivity contribution in [2.45, 2.75) is 38.0 Å². The lowest BCUT2D eigenvalue weighted by molar-refractivity contribution is -0.143. The Morgan fingerprint density at radius 3 is 2.68 bits per heavy atom. The lowest BCUT2D eigenvalue weighted by Gasteiger charge is -2.42. The summed E-state index contributed by atoms with van der Waals surface area (Å²) in [5, 5.41) is 9.53. The fourth-order valence-corrected chi connectivity index (χ4v) is 3.84. The summed E-state index contributed by atoms with van der Waals surface area (Å²) in [6.45, 7) is 6.04. The van der Waals surface area contributed by atoms with Crippen LogP contribution in [0.4, 0.5) is 4.79 Å². The third-order valence-electron chi connectivity index (χ3n) is 4.17. The average Bonchev–Trinajstić information content (AvgIpc) is 2.41. The van der Waals surface area contributed by atoms with E-state index < -0.39 is 11.9 Å². The number of piperidine rings is 1. The number of hydrogen-bond donors (Lipinski definition) is 1. The van der Waals surface area contributed by atoms with Gasteiger partial charge in [-0.15, -0.1) is 0 Å². The first-order valence-corrected chi connectivity index (χ1v) is 7.95. The Hall–Kier alpha value is -0.910. The van der Waals surface area contributed by atoms with Gasteiger partial charge >= 0.3 is 12.0 Å². The fraction of sp³-hybridized carbons (Fsp3) is 0.846. The van der Waals surface area contributed by atoms with E-state index in [1.807, 2.05) is 16.7 Å². The second-order valence-electron chi connectivity index (χ2n) is 5.42. The first-order chi connectivity index (χ1) is 9.00. The van der Waals surface area contributed by atoms with Gasteiger partial charge in [0.2, 0.25) is 0 Å². The van der Waals surface area contributed by atoms with Gasteiger partial charge in [0, 0.05) is 36.7 Å². The summed E-state index contributed by atoms with van der Waals surface area (Å²) in [6.07, 6.45) is 1.47. The second kappa shape index (κ2) is 6.03. The number of hydrogen-bond acceptors (Lipinski definition) is 3. The normalized spacial score (nSPS) is 32.2. The summed E-state index contributed by atoms with van der Waals surface area (Å²) in [5.41, 5.74) is 0. The van der Waals surface area contributed by atoms with Crippen molar-refractivity contribution in [2.24, 2.45) is 5.92 Å². The van der Waals surface area contributed by atoms with Gasteiger partial charge in [-0.3, -0.25) is 4.79 Å². The molecule has 0 saturated carbocycles. The van der Waals surface area contributed by atoms with Crippen LogP contribution in [-0.4, -0.2) is 63.6 Å². The van der Waals surface area contributed by atoms with E-state index in [0.29, 0.717) is 24.8 Å². The topological polar surface area (TPSA) is 60.9 Å². The number of carboxylic acids is 1. The molecule has 0 spiro atoms. The molecular formula is C13H22N2O3S. The monoisotopic (exact) mass is 286 g/mol. The number of carboxylic acid groups (broad SMARTS) is 1. The number of carbonyl (C=O) groups excluding carboxylic acids is 1. The average molecular weight is 286 g/mol. The largest absolute Gasteiger partial charge is 0.481 e. The van der Waals surface area contributed by atoms with Gasteiger partial charge in [-0.05, 0) is 19.8 Å². The van der Waals surface area contributed by atoms with E-state index in [0.717, 1.165) is 18.7 Å². The van der Waals surface area contributed by atoms with E-state index in [4.69, 9.17) is 5.11 Å². The molecule has 108 valence electrons. The van der Waals surface area contributed by atoms with Crippen LogP contribution in [0.3, 0.4) is 0 Å². The minimum Gasteiger partial charge on any atom is -0.481 e. The van der Waals surface area contributed by atoms with E-state index in [9.17, 15) is 9.59 Å². The van der Waals surface area contributed by atoms with Gasteiger partial charge in [0.1, 0.15) is 0 Å². The van der Waals surface area contributed by atoms with Crippen LogP contribution in [0, 0.1) is 5.92 Å². The highest BCUT2D eigenvalue weighted by atomic mass is 32.2. The number of likely N-dealkylation sites (tertiary alicyclic amines) is 1. The molecule has 2 rings (SSSR count). The minimum atomic E-state index is -0.784. The molecule has 2 aliphatic rings. The van der Waals surface area contributed by atoms with Crippen molar-refractivity contribution >= 4 is 23.8 Å². The third kappa shape index (κ3) is 3.16. The van der Waals surface area contributed by atoms with Crippen LogP contribution in [0.1, 0.15) is 26.7 Å². The van der Waals surface area contributed by atoms with Crippen LogP contribution < -0.4 is 0 Å². The van der Waals surface area contributed by atoms with Crippen LogP contribution in [0.2, 0.25) is 0 Å². The highest BCUT2D eigenvalue weighted by Crippen LogP contribution is 2.26. The van der Waals surface area contributed by atoms with Crippen molar-refractivity contribution in [3.05, 3.63) is 0 Å². The molecule has 19 heavy (non-hydrogen) atoms. The van der Waals surface area contributed by atoms with Gasteiger partial charge in [0.15, 0.2) is 0 Å². The molecule has 2 unspecified atom stereocenters. The lowest BCUT2D eigenvalue weighted by Crippen LogP contribution is -2.55. The molecule has 1 N–H and O–H groups in total. The number of urea groups is 1. The van der Waals surface area contributed by atoms with E-state index in [-0.39, 0.29) is 12.1 Å². The number of nitrogens with zero attached hydrogens (tertiary/aromatic N) is 2. The number of carbonyl (C=O) groups is 2. The third-order valence-corrected chi connectivity index (χ3v) is 5.51. The van der Waals surface area contributed by atoms with Crippen LogP contribution in [0.5, 0.6) is 0 Å². The molecule has 0 radical (unpaired) electrons. The summed E-state index contributed by atoms with van der Waals surface area (Å²) >= 11 is 1.89. The van der Waals surface area contributed by atoms with Crippen molar-refractivity contribution in [3.63, 3.8) is 0 Å². The zero-order valence-electron chi connectivity index (χ0n) is 11.5.